The molecule has 1 amide bonds. The second-order valence-corrected chi connectivity index (χ2v) is 17.6. The summed E-state index contributed by atoms with van der Waals surface area (Å²) in [4.78, 5) is 68.9. The van der Waals surface area contributed by atoms with E-state index in [1.54, 1.807) is 83.1 Å². The Hall–Kier alpha value is -4.67. The average Bonchev–Trinajstić information content (AvgIpc) is 3.14. The third kappa shape index (κ3) is 7.10. The zero-order chi connectivity index (χ0) is 42.7. The van der Waals surface area contributed by atoms with Crippen molar-refractivity contribution in [3.05, 3.63) is 82.9 Å². The molecule has 5 N–H and O–H groups in total. The smallest absolute Gasteiger partial charge is 0.408 e. The molecular formula is C43H53NO14. The summed E-state index contributed by atoms with van der Waals surface area (Å²) in [5, 5.41) is 51.6. The Morgan fingerprint density at radius 2 is 1.55 bits per heavy atom. The van der Waals surface area contributed by atoms with Gasteiger partial charge in [-0.05, 0) is 63.5 Å². The summed E-state index contributed by atoms with van der Waals surface area (Å²) < 4.78 is 29.5. The summed E-state index contributed by atoms with van der Waals surface area (Å²) in [5.41, 5.74) is -8.14. The molecule has 3 fully saturated rings. The third-order valence-corrected chi connectivity index (χ3v) is 12.6. The van der Waals surface area contributed by atoms with Gasteiger partial charge in [-0.25, -0.2) is 14.4 Å². The number of carbonyl (C=O) groups excluding carboxylic acids is 5. The van der Waals surface area contributed by atoms with Crippen LogP contribution >= 0.6 is 0 Å². The molecule has 4 aliphatic rings. The van der Waals surface area contributed by atoms with Crippen molar-refractivity contribution in [2.75, 3.05) is 6.61 Å². The fourth-order valence-electron chi connectivity index (χ4n) is 9.56. The molecule has 15 nitrogen and oxygen atoms in total. The minimum absolute atomic E-state index is 0.0637. The number of amides is 1. The highest BCUT2D eigenvalue weighted by atomic mass is 16.6. The van der Waals surface area contributed by atoms with Gasteiger partial charge in [0.05, 0.1) is 35.6 Å². The number of carbonyl (C=O) groups is 5. The number of aliphatic hydroxyl groups excluding tert-OH is 3. The minimum Gasteiger partial charge on any atom is -0.456 e. The molecule has 0 spiro atoms. The van der Waals surface area contributed by atoms with Crippen LogP contribution in [-0.4, -0.2) is 110 Å². The maximum atomic E-state index is 14.9. The van der Waals surface area contributed by atoms with Crippen LogP contribution in [0.3, 0.4) is 0 Å². The zero-order valence-corrected chi connectivity index (χ0v) is 33.9. The number of benzene rings is 2. The number of esters is 3. The highest BCUT2D eigenvalue weighted by Crippen LogP contribution is 2.64. The van der Waals surface area contributed by atoms with Crippen molar-refractivity contribution < 1.29 is 68.1 Å². The van der Waals surface area contributed by atoms with Crippen molar-refractivity contribution in [3.63, 3.8) is 0 Å². The van der Waals surface area contributed by atoms with Gasteiger partial charge in [-0.2, -0.15) is 0 Å². The molecular weight excluding hydrogens is 754 g/mol. The first-order chi connectivity index (χ1) is 27.0. The number of ether oxygens (including phenoxy) is 5. The molecule has 314 valence electrons. The number of fused-ring (bicyclic) bond motifs is 5. The summed E-state index contributed by atoms with van der Waals surface area (Å²) in [7, 11) is 0. The van der Waals surface area contributed by atoms with Crippen molar-refractivity contribution in [1.29, 1.82) is 0 Å². The van der Waals surface area contributed by atoms with Crippen LogP contribution in [0.5, 0.6) is 0 Å². The van der Waals surface area contributed by atoms with Gasteiger partial charge in [0.25, 0.3) is 0 Å². The largest absolute Gasteiger partial charge is 0.456 e. The molecule has 1 unspecified atom stereocenters. The number of nitrogens with one attached hydrogen (secondary N) is 1. The molecule has 1 saturated heterocycles. The van der Waals surface area contributed by atoms with Crippen LogP contribution in [0.2, 0.25) is 0 Å². The van der Waals surface area contributed by atoms with E-state index >= 15 is 0 Å². The maximum absolute atomic E-state index is 14.9. The molecule has 0 radical (unpaired) electrons. The van der Waals surface area contributed by atoms with Crippen LogP contribution in [-0.2, 0) is 38.1 Å². The summed E-state index contributed by atoms with van der Waals surface area (Å²) in [5.74, 6) is -5.36. The SMILES string of the molecule is CC(=O)O[C@@]12CO[C@@H]1C[C@@H](O)[C@@]1(C)C(=O)[C@H](O)C3=C(C)[C@@H](OC(=O)[C@H](O)[C@@H](NC(=O)OC(C)(C)C)c4ccccc4)C[C@@](O)([C@@H](OC(=O)c4ccccc4)C12)C3(C)C. The molecule has 58 heavy (non-hydrogen) atoms. The molecule has 2 saturated carbocycles. The van der Waals surface area contributed by atoms with Gasteiger partial charge < -0.3 is 49.4 Å². The highest BCUT2D eigenvalue weighted by molar-refractivity contribution is 5.94. The molecule has 15 heteroatoms. The van der Waals surface area contributed by atoms with E-state index in [0.717, 1.165) is 6.92 Å². The Labute approximate surface area is 336 Å². The molecule has 2 bridgehead atoms. The van der Waals surface area contributed by atoms with E-state index in [4.69, 9.17) is 23.7 Å². The molecule has 0 aromatic heterocycles. The fourth-order valence-corrected chi connectivity index (χ4v) is 9.56. The van der Waals surface area contributed by atoms with Gasteiger partial charge >= 0.3 is 24.0 Å². The lowest BCUT2D eigenvalue weighted by Crippen LogP contribution is -2.81. The van der Waals surface area contributed by atoms with E-state index in [9.17, 15) is 44.4 Å². The van der Waals surface area contributed by atoms with Gasteiger partial charge in [-0.15, -0.1) is 0 Å². The predicted molar refractivity (Wildman–Crippen MR) is 204 cm³/mol. The van der Waals surface area contributed by atoms with Crippen molar-refractivity contribution in [2.24, 2.45) is 16.7 Å². The van der Waals surface area contributed by atoms with Gasteiger partial charge in [0.15, 0.2) is 17.5 Å². The number of alkyl carbamates (subject to hydrolysis) is 1. The second-order valence-electron chi connectivity index (χ2n) is 17.6. The first kappa shape index (κ1) is 42.9. The van der Waals surface area contributed by atoms with Crippen LogP contribution in [0.4, 0.5) is 4.79 Å². The number of aliphatic hydroxyl groups is 4. The number of hydrogen-bond donors (Lipinski definition) is 5. The second kappa shape index (κ2) is 15.2. The lowest BCUT2D eigenvalue weighted by Gasteiger charge is -2.67. The van der Waals surface area contributed by atoms with Gasteiger partial charge in [0.2, 0.25) is 0 Å². The quantitative estimate of drug-likeness (QED) is 0.147. The van der Waals surface area contributed by atoms with Crippen molar-refractivity contribution in [2.45, 2.75) is 128 Å². The van der Waals surface area contributed by atoms with E-state index < -0.39 is 112 Å². The van der Waals surface area contributed by atoms with E-state index in [1.165, 1.54) is 26.0 Å². The maximum Gasteiger partial charge on any atom is 0.408 e. The van der Waals surface area contributed by atoms with Crippen LogP contribution in [0.15, 0.2) is 71.8 Å². The highest BCUT2D eigenvalue weighted by Gasteiger charge is 2.78. The molecule has 11 atom stereocenters. The Morgan fingerprint density at radius 1 is 0.948 bits per heavy atom. The lowest BCUT2D eigenvalue weighted by atomic mass is 9.44. The van der Waals surface area contributed by atoms with Gasteiger partial charge in [0, 0.05) is 25.2 Å². The van der Waals surface area contributed by atoms with Gasteiger partial charge in [0.1, 0.15) is 35.6 Å². The first-order valence-corrected chi connectivity index (χ1v) is 19.3. The number of rotatable bonds is 8. The average molecular weight is 808 g/mol. The first-order valence-electron chi connectivity index (χ1n) is 19.3. The van der Waals surface area contributed by atoms with Crippen LogP contribution in [0.1, 0.15) is 90.2 Å². The van der Waals surface area contributed by atoms with Crippen molar-refractivity contribution in [3.8, 4) is 0 Å². The Bertz CT molecular complexity index is 1980. The number of Topliss-reactive ketones (excluding diaryl/α,β-unsaturated/α-hetero) is 1. The fraction of sp³-hybridized carbons (Fsp3) is 0.558. The van der Waals surface area contributed by atoms with Crippen LogP contribution in [0, 0.1) is 16.7 Å². The minimum atomic E-state index is -2.35. The lowest BCUT2D eigenvalue weighted by molar-refractivity contribution is -0.346. The summed E-state index contributed by atoms with van der Waals surface area (Å²) in [6.45, 7) is 11.8. The van der Waals surface area contributed by atoms with E-state index in [0.29, 0.717) is 5.56 Å². The molecule has 2 aromatic rings. The molecule has 3 aliphatic carbocycles. The molecule has 6 rings (SSSR count). The monoisotopic (exact) mass is 807 g/mol. The van der Waals surface area contributed by atoms with E-state index in [-0.39, 0.29) is 29.7 Å². The van der Waals surface area contributed by atoms with Crippen LogP contribution in [0.25, 0.3) is 0 Å². The Kier molecular flexibility index (Phi) is 11.2. The summed E-state index contributed by atoms with van der Waals surface area (Å²) in [6.07, 6.45) is -11.5. The van der Waals surface area contributed by atoms with Gasteiger partial charge in [-0.1, -0.05) is 62.4 Å². The van der Waals surface area contributed by atoms with E-state index in [2.05, 4.69) is 5.32 Å². The summed E-state index contributed by atoms with van der Waals surface area (Å²) in [6, 6.07) is 14.6. The topological polar surface area (TPSA) is 224 Å². The predicted octanol–water partition coefficient (Wildman–Crippen LogP) is 3.26. The molecule has 1 heterocycles. The summed E-state index contributed by atoms with van der Waals surface area (Å²) >= 11 is 0. The van der Waals surface area contributed by atoms with Crippen LogP contribution < -0.4 is 5.32 Å². The number of ketones is 1. The van der Waals surface area contributed by atoms with Gasteiger partial charge in [-0.3, -0.25) is 9.59 Å². The molecule has 2 aromatic carbocycles. The van der Waals surface area contributed by atoms with E-state index in [1.807, 2.05) is 0 Å². The Balaban J connectivity index is 1.49. The standard InChI is InChI=1S/C43H53NO14/c1-22-26(55-37(51)32(48)30(24-15-11-9-12-16-24)44-38(52)58-39(3,4)5)20-43(53)35(56-36(50)25-17-13-10-14-18-25)33-41(8,34(49)31(47)29(22)40(43,6)7)27(46)19-28-42(33,21-54-28)57-23(2)45/h9-18,26-28,30-33,35,46-48,53H,19-21H2,1-8H3,(H,44,52)/t26-,27+,28+,30-,31+,32+,33?,35-,41+,42-,43+/m0/s1. The molecule has 1 aliphatic heterocycles. The zero-order valence-electron chi connectivity index (χ0n) is 33.9. The number of hydrogen-bond acceptors (Lipinski definition) is 14. The van der Waals surface area contributed by atoms with Crippen molar-refractivity contribution in [1.82, 2.24) is 5.32 Å². The normalized spacial score (nSPS) is 33.7. The third-order valence-electron chi connectivity index (χ3n) is 12.6. The van der Waals surface area contributed by atoms with Crippen molar-refractivity contribution >= 4 is 29.8 Å². The Morgan fingerprint density at radius 3 is 2.10 bits per heavy atom.